The average molecular weight is 336 g/mol. The first-order valence-electron chi connectivity index (χ1n) is 5.23. The van der Waals surface area contributed by atoms with Crippen molar-refractivity contribution in [3.8, 4) is 5.75 Å². The first kappa shape index (κ1) is 15.0. The minimum atomic E-state index is -3.68. The Morgan fingerprint density at radius 3 is 2.67 bits per heavy atom. The summed E-state index contributed by atoms with van der Waals surface area (Å²) in [6.45, 7) is 1.59. The third-order valence-corrected chi connectivity index (χ3v) is 4.19. The van der Waals surface area contributed by atoms with Crippen molar-refractivity contribution in [3.05, 3.63) is 28.2 Å². The molecule has 0 radical (unpaired) electrons. The number of nitrogens with one attached hydrogen (secondary N) is 1. The SMILES string of the molecule is CCC(=O)NS(=O)(=O)Cc1cc(OC)ccc1Br. The number of benzene rings is 1. The zero-order chi connectivity index (χ0) is 13.8. The van der Waals surface area contributed by atoms with Gasteiger partial charge in [-0.1, -0.05) is 22.9 Å². The topological polar surface area (TPSA) is 72.5 Å². The van der Waals surface area contributed by atoms with Crippen molar-refractivity contribution in [1.29, 1.82) is 0 Å². The molecule has 7 heteroatoms. The number of sulfonamides is 1. The van der Waals surface area contributed by atoms with Crippen LogP contribution in [-0.4, -0.2) is 21.4 Å². The average Bonchev–Trinajstić information content (AvgIpc) is 2.31. The molecule has 0 aromatic heterocycles. The van der Waals surface area contributed by atoms with Gasteiger partial charge in [-0.25, -0.2) is 8.42 Å². The highest BCUT2D eigenvalue weighted by molar-refractivity contribution is 9.10. The van der Waals surface area contributed by atoms with Crippen LogP contribution < -0.4 is 9.46 Å². The lowest BCUT2D eigenvalue weighted by molar-refractivity contribution is -0.119. The van der Waals surface area contributed by atoms with Gasteiger partial charge in [0, 0.05) is 10.9 Å². The van der Waals surface area contributed by atoms with Crippen LogP contribution in [0.5, 0.6) is 5.75 Å². The second-order valence-corrected chi connectivity index (χ2v) is 6.17. The fourth-order valence-electron chi connectivity index (χ4n) is 1.28. The summed E-state index contributed by atoms with van der Waals surface area (Å²) in [7, 11) is -2.18. The van der Waals surface area contributed by atoms with Crippen LogP contribution in [0.2, 0.25) is 0 Å². The maximum Gasteiger partial charge on any atom is 0.239 e. The Hall–Kier alpha value is -1.08. The number of carbonyl (C=O) groups is 1. The molecule has 0 saturated heterocycles. The van der Waals surface area contributed by atoms with Gasteiger partial charge in [-0.15, -0.1) is 0 Å². The molecule has 0 aliphatic carbocycles. The number of methoxy groups -OCH3 is 1. The minimum absolute atomic E-state index is 0.124. The third kappa shape index (κ3) is 4.30. The molecular weight excluding hydrogens is 322 g/mol. The number of hydrogen-bond acceptors (Lipinski definition) is 4. The Balaban J connectivity index is 2.93. The van der Waals surface area contributed by atoms with Gasteiger partial charge in [-0.3, -0.25) is 9.52 Å². The molecule has 0 unspecified atom stereocenters. The van der Waals surface area contributed by atoms with E-state index in [1.54, 1.807) is 25.1 Å². The third-order valence-electron chi connectivity index (χ3n) is 2.19. The number of rotatable bonds is 5. The van der Waals surface area contributed by atoms with E-state index >= 15 is 0 Å². The molecular formula is C11H14BrNO4S. The minimum Gasteiger partial charge on any atom is -0.497 e. The van der Waals surface area contributed by atoms with Gasteiger partial charge in [0.25, 0.3) is 0 Å². The lowest BCUT2D eigenvalue weighted by Gasteiger charge is -2.09. The van der Waals surface area contributed by atoms with Gasteiger partial charge in [0.15, 0.2) is 0 Å². The Morgan fingerprint density at radius 2 is 2.11 bits per heavy atom. The number of amides is 1. The molecule has 1 amide bonds. The summed E-state index contributed by atoms with van der Waals surface area (Å²) < 4.78 is 31.1. The lowest BCUT2D eigenvalue weighted by Crippen LogP contribution is -2.30. The van der Waals surface area contributed by atoms with Gasteiger partial charge in [-0.05, 0) is 23.8 Å². The summed E-state index contributed by atoms with van der Waals surface area (Å²) >= 11 is 3.26. The van der Waals surface area contributed by atoms with Crippen LogP contribution in [0.3, 0.4) is 0 Å². The maximum absolute atomic E-state index is 11.7. The molecule has 100 valence electrons. The molecule has 0 aliphatic heterocycles. The van der Waals surface area contributed by atoms with Crippen molar-refractivity contribution < 1.29 is 17.9 Å². The highest BCUT2D eigenvalue weighted by atomic mass is 79.9. The fourth-order valence-corrected chi connectivity index (χ4v) is 3.06. The zero-order valence-corrected chi connectivity index (χ0v) is 12.5. The second-order valence-electron chi connectivity index (χ2n) is 3.60. The predicted octanol–water partition coefficient (Wildman–Crippen LogP) is 1.81. The first-order chi connectivity index (χ1) is 8.38. The Kier molecular flexibility index (Phi) is 5.15. The molecule has 1 rings (SSSR count). The van der Waals surface area contributed by atoms with Crippen molar-refractivity contribution in [2.45, 2.75) is 19.1 Å². The van der Waals surface area contributed by atoms with Gasteiger partial charge in [0.05, 0.1) is 12.9 Å². The Labute approximate surface area is 115 Å². The van der Waals surface area contributed by atoms with Crippen molar-refractivity contribution in [2.24, 2.45) is 0 Å². The smallest absolute Gasteiger partial charge is 0.239 e. The summed E-state index contributed by atoms with van der Waals surface area (Å²) in [6.07, 6.45) is 0.124. The van der Waals surface area contributed by atoms with Crippen molar-refractivity contribution in [3.63, 3.8) is 0 Å². The first-order valence-corrected chi connectivity index (χ1v) is 7.68. The summed E-state index contributed by atoms with van der Waals surface area (Å²) in [6, 6.07) is 5.02. The van der Waals surface area contributed by atoms with Gasteiger partial charge in [0.1, 0.15) is 5.75 Å². The van der Waals surface area contributed by atoms with E-state index in [1.807, 2.05) is 4.72 Å². The molecule has 0 fully saturated rings. The molecule has 18 heavy (non-hydrogen) atoms. The van der Waals surface area contributed by atoms with Gasteiger partial charge in [-0.2, -0.15) is 0 Å². The lowest BCUT2D eigenvalue weighted by atomic mass is 10.2. The van der Waals surface area contributed by atoms with Crippen LogP contribution in [0, 0.1) is 0 Å². The standard InChI is InChI=1S/C11H14BrNO4S/c1-3-11(14)13-18(15,16)7-8-6-9(17-2)4-5-10(8)12/h4-6H,3,7H2,1-2H3,(H,13,14). The monoisotopic (exact) mass is 335 g/mol. The molecule has 0 saturated carbocycles. The summed E-state index contributed by atoms with van der Waals surface area (Å²) in [5.74, 6) is -0.240. The van der Waals surface area contributed by atoms with Gasteiger partial charge >= 0.3 is 0 Å². The number of halogens is 1. The molecule has 0 atom stereocenters. The van der Waals surface area contributed by atoms with Crippen LogP contribution in [-0.2, 0) is 20.6 Å². The van der Waals surface area contributed by atoms with Crippen molar-refractivity contribution in [2.75, 3.05) is 7.11 Å². The molecule has 1 aromatic rings. The normalized spacial score (nSPS) is 11.1. The van der Waals surface area contributed by atoms with E-state index in [-0.39, 0.29) is 12.2 Å². The van der Waals surface area contributed by atoms with Gasteiger partial charge < -0.3 is 4.74 Å². The summed E-state index contributed by atoms with van der Waals surface area (Å²) in [4.78, 5) is 11.1. The highest BCUT2D eigenvalue weighted by Crippen LogP contribution is 2.24. The van der Waals surface area contributed by atoms with E-state index in [1.165, 1.54) is 7.11 Å². The van der Waals surface area contributed by atoms with E-state index in [0.717, 1.165) is 0 Å². The predicted molar refractivity (Wildman–Crippen MR) is 71.8 cm³/mol. The second kappa shape index (κ2) is 6.19. The molecule has 0 bridgehead atoms. The van der Waals surface area contributed by atoms with Crippen molar-refractivity contribution >= 4 is 31.9 Å². The zero-order valence-electron chi connectivity index (χ0n) is 10.1. The van der Waals surface area contributed by atoms with Crippen molar-refractivity contribution in [1.82, 2.24) is 4.72 Å². The molecule has 0 spiro atoms. The van der Waals surface area contributed by atoms with Crippen LogP contribution in [0.1, 0.15) is 18.9 Å². The van der Waals surface area contributed by atoms with E-state index in [9.17, 15) is 13.2 Å². The summed E-state index contributed by atoms with van der Waals surface area (Å²) in [5, 5.41) is 0. The Bertz CT molecular complexity index is 542. The molecule has 1 aromatic carbocycles. The van der Waals surface area contributed by atoms with Crippen LogP contribution in [0.15, 0.2) is 22.7 Å². The molecule has 0 aliphatic rings. The highest BCUT2D eigenvalue weighted by Gasteiger charge is 2.16. The number of carbonyl (C=O) groups excluding carboxylic acids is 1. The number of ether oxygens (including phenoxy) is 1. The quantitative estimate of drug-likeness (QED) is 0.890. The van der Waals surface area contributed by atoms with E-state index in [0.29, 0.717) is 15.8 Å². The van der Waals surface area contributed by atoms with E-state index in [2.05, 4.69) is 15.9 Å². The number of hydrogen-bond donors (Lipinski definition) is 1. The Morgan fingerprint density at radius 1 is 1.44 bits per heavy atom. The molecule has 0 heterocycles. The molecule has 1 N–H and O–H groups in total. The molecule has 5 nitrogen and oxygen atoms in total. The van der Waals surface area contributed by atoms with Crippen LogP contribution in [0.4, 0.5) is 0 Å². The summed E-state index contributed by atoms with van der Waals surface area (Å²) in [5.41, 5.74) is 0.533. The maximum atomic E-state index is 11.7. The van der Waals surface area contributed by atoms with E-state index < -0.39 is 15.9 Å². The largest absolute Gasteiger partial charge is 0.497 e. The van der Waals surface area contributed by atoms with E-state index in [4.69, 9.17) is 4.74 Å². The van der Waals surface area contributed by atoms with Crippen LogP contribution >= 0.6 is 15.9 Å². The van der Waals surface area contributed by atoms with Gasteiger partial charge in [0.2, 0.25) is 15.9 Å². The fraction of sp³-hybridized carbons (Fsp3) is 0.364. The van der Waals surface area contributed by atoms with Crippen LogP contribution in [0.25, 0.3) is 0 Å².